The van der Waals surface area contributed by atoms with Crippen LogP contribution in [0, 0.1) is 0 Å². The van der Waals surface area contributed by atoms with Gasteiger partial charge in [-0.2, -0.15) is 4.99 Å². The zero-order valence-corrected chi connectivity index (χ0v) is 25.9. The summed E-state index contributed by atoms with van der Waals surface area (Å²) in [7, 11) is 0. The molecule has 2 N–H and O–H groups in total. The highest BCUT2D eigenvalue weighted by Crippen LogP contribution is 2.27. The molecule has 2 aliphatic heterocycles. The first-order valence-corrected chi connectivity index (χ1v) is 15.5. The number of carbonyl (C=O) groups is 3. The predicted octanol–water partition coefficient (Wildman–Crippen LogP) is 4.04. The third kappa shape index (κ3) is 8.55. The van der Waals surface area contributed by atoms with Crippen molar-refractivity contribution in [2.75, 3.05) is 50.7 Å². The van der Waals surface area contributed by atoms with Crippen LogP contribution in [0.4, 0.5) is 10.5 Å². The highest BCUT2D eigenvalue weighted by molar-refractivity contribution is 6.06. The van der Waals surface area contributed by atoms with E-state index in [9.17, 15) is 14.4 Å². The lowest BCUT2D eigenvalue weighted by atomic mass is 9.90. The van der Waals surface area contributed by atoms with Gasteiger partial charge in [0.1, 0.15) is 11.9 Å². The molecule has 0 radical (unpaired) electrons. The van der Waals surface area contributed by atoms with Gasteiger partial charge in [0.25, 0.3) is 5.91 Å². The molecular weight excluding hydrogens is 570 g/mol. The second-order valence-electron chi connectivity index (χ2n) is 11.7. The van der Waals surface area contributed by atoms with Gasteiger partial charge in [-0.3, -0.25) is 19.4 Å². The first-order valence-electron chi connectivity index (χ1n) is 15.5. The standard InChI is InChI=1S/C35H41N5O5/c1-25(2)44-31(41)17-18-38-19-21-39(22-20-38)23-30-24-40(35(43)45-30)29-15-13-28(14-16-29)33(36)37-34(42)32(26-9-5-3-6-10-26)27-11-7-4-8-12-27/h3-16,25,30,32H,17-24H2,1-2H3,(H2,36,37,42). The first kappa shape index (κ1) is 31.9. The molecule has 5 rings (SSSR count). The molecule has 236 valence electrons. The number of piperazine rings is 1. The largest absolute Gasteiger partial charge is 0.463 e. The number of ether oxygens (including phenoxy) is 2. The molecule has 3 aromatic rings. The van der Waals surface area contributed by atoms with Crippen molar-refractivity contribution < 1.29 is 23.9 Å². The number of amidine groups is 1. The van der Waals surface area contributed by atoms with E-state index >= 15 is 0 Å². The van der Waals surface area contributed by atoms with Gasteiger partial charge in [-0.1, -0.05) is 60.7 Å². The van der Waals surface area contributed by atoms with Crippen molar-refractivity contribution in [1.82, 2.24) is 9.80 Å². The maximum Gasteiger partial charge on any atom is 0.414 e. The van der Waals surface area contributed by atoms with Gasteiger partial charge in [-0.15, -0.1) is 0 Å². The van der Waals surface area contributed by atoms with E-state index in [1.165, 1.54) is 0 Å². The SMILES string of the molecule is CC(C)OC(=O)CCN1CCN(CC2CN(c3ccc(C(N)=NC(=O)C(c4ccccc4)c4ccccc4)cc3)C(=O)O2)CC1. The Morgan fingerprint density at radius 1 is 0.889 bits per heavy atom. The lowest BCUT2D eigenvalue weighted by Gasteiger charge is -2.35. The van der Waals surface area contributed by atoms with Gasteiger partial charge in [-0.25, -0.2) is 4.79 Å². The Kier molecular flexibility index (Phi) is 10.6. The lowest BCUT2D eigenvalue weighted by molar-refractivity contribution is -0.147. The van der Waals surface area contributed by atoms with Crippen molar-refractivity contribution in [3.05, 3.63) is 102 Å². The number of anilines is 1. The van der Waals surface area contributed by atoms with E-state index in [1.807, 2.05) is 74.5 Å². The normalized spacial score (nSPS) is 18.0. The lowest BCUT2D eigenvalue weighted by Crippen LogP contribution is -2.49. The van der Waals surface area contributed by atoms with E-state index in [0.717, 1.165) is 37.3 Å². The molecule has 10 heteroatoms. The summed E-state index contributed by atoms with van der Waals surface area (Å²) in [5.74, 6) is -0.977. The van der Waals surface area contributed by atoms with E-state index < -0.39 is 5.92 Å². The third-order valence-electron chi connectivity index (χ3n) is 8.02. The van der Waals surface area contributed by atoms with Crippen LogP contribution in [-0.2, 0) is 19.1 Å². The van der Waals surface area contributed by atoms with Crippen LogP contribution in [0.5, 0.6) is 0 Å². The number of esters is 1. The fourth-order valence-electron chi connectivity index (χ4n) is 5.71. The zero-order valence-electron chi connectivity index (χ0n) is 25.9. The monoisotopic (exact) mass is 611 g/mol. The summed E-state index contributed by atoms with van der Waals surface area (Å²) in [6.07, 6.45) is -0.341. The Morgan fingerprint density at radius 3 is 2.04 bits per heavy atom. The molecule has 3 aromatic carbocycles. The molecule has 0 saturated carbocycles. The fraction of sp³-hybridized carbons (Fsp3) is 0.371. The van der Waals surface area contributed by atoms with Crippen LogP contribution in [0.1, 0.15) is 42.9 Å². The maximum atomic E-state index is 13.4. The number of rotatable bonds is 11. The van der Waals surface area contributed by atoms with E-state index in [0.29, 0.717) is 37.3 Å². The average molecular weight is 612 g/mol. The number of hydrogen-bond acceptors (Lipinski definition) is 7. The molecule has 2 heterocycles. The number of nitrogens with zero attached hydrogens (tertiary/aromatic N) is 4. The molecule has 10 nitrogen and oxygen atoms in total. The molecule has 45 heavy (non-hydrogen) atoms. The Morgan fingerprint density at radius 2 is 1.47 bits per heavy atom. The second-order valence-corrected chi connectivity index (χ2v) is 11.7. The van der Waals surface area contributed by atoms with Crippen molar-refractivity contribution in [3.8, 4) is 0 Å². The summed E-state index contributed by atoms with van der Waals surface area (Å²) in [6, 6.07) is 26.2. The van der Waals surface area contributed by atoms with Crippen molar-refractivity contribution >= 4 is 29.5 Å². The molecule has 2 amide bonds. The summed E-state index contributed by atoms with van der Waals surface area (Å²) in [6.45, 7) is 8.87. The summed E-state index contributed by atoms with van der Waals surface area (Å²) >= 11 is 0. The average Bonchev–Trinajstić information content (AvgIpc) is 3.41. The van der Waals surface area contributed by atoms with Crippen LogP contribution in [-0.4, -0.2) is 91.6 Å². The minimum atomic E-state index is -0.571. The minimum absolute atomic E-state index is 0.0953. The van der Waals surface area contributed by atoms with Crippen LogP contribution < -0.4 is 10.6 Å². The van der Waals surface area contributed by atoms with Gasteiger partial charge in [0, 0.05) is 50.5 Å². The number of amides is 2. The maximum absolute atomic E-state index is 13.4. The van der Waals surface area contributed by atoms with Gasteiger partial charge in [0.2, 0.25) is 0 Å². The second kappa shape index (κ2) is 15.0. The number of aliphatic imine (C=N–C) groups is 1. The van der Waals surface area contributed by atoms with Crippen molar-refractivity contribution in [1.29, 1.82) is 0 Å². The summed E-state index contributed by atoms with van der Waals surface area (Å²) in [5.41, 5.74) is 9.26. The fourth-order valence-corrected chi connectivity index (χ4v) is 5.71. The number of benzene rings is 3. The van der Waals surface area contributed by atoms with Gasteiger partial charge >= 0.3 is 12.1 Å². The van der Waals surface area contributed by atoms with Gasteiger partial charge in [0.05, 0.1) is 25.0 Å². The van der Waals surface area contributed by atoms with Crippen molar-refractivity contribution in [3.63, 3.8) is 0 Å². The van der Waals surface area contributed by atoms with Crippen molar-refractivity contribution in [2.24, 2.45) is 10.7 Å². The van der Waals surface area contributed by atoms with E-state index in [1.54, 1.807) is 29.2 Å². The van der Waals surface area contributed by atoms with Crippen molar-refractivity contribution in [2.45, 2.75) is 38.4 Å². The van der Waals surface area contributed by atoms with Crippen LogP contribution in [0.25, 0.3) is 0 Å². The Bertz CT molecular complexity index is 1430. The van der Waals surface area contributed by atoms with E-state index in [2.05, 4.69) is 14.8 Å². The molecule has 0 aliphatic carbocycles. The quantitative estimate of drug-likeness (QED) is 0.196. The summed E-state index contributed by atoms with van der Waals surface area (Å²) in [4.78, 5) is 48.4. The molecule has 2 saturated heterocycles. The molecule has 0 spiro atoms. The molecule has 2 fully saturated rings. The molecule has 0 bridgehead atoms. The van der Waals surface area contributed by atoms with Crippen LogP contribution >= 0.6 is 0 Å². The number of carbonyl (C=O) groups excluding carboxylic acids is 3. The zero-order chi connectivity index (χ0) is 31.8. The highest BCUT2D eigenvalue weighted by Gasteiger charge is 2.34. The van der Waals surface area contributed by atoms with Gasteiger partial charge < -0.3 is 20.1 Å². The number of cyclic esters (lactones) is 1. The number of nitrogens with two attached hydrogens (primary N) is 1. The smallest absolute Gasteiger partial charge is 0.414 e. The molecule has 1 unspecified atom stereocenters. The van der Waals surface area contributed by atoms with Gasteiger partial charge in [-0.05, 0) is 49.2 Å². The van der Waals surface area contributed by atoms with Crippen LogP contribution in [0.2, 0.25) is 0 Å². The van der Waals surface area contributed by atoms with E-state index in [-0.39, 0.29) is 36.0 Å². The number of hydrogen-bond donors (Lipinski definition) is 1. The topological polar surface area (TPSA) is 118 Å². The predicted molar refractivity (Wildman–Crippen MR) is 173 cm³/mol. The summed E-state index contributed by atoms with van der Waals surface area (Å²) in [5, 5.41) is 0. The summed E-state index contributed by atoms with van der Waals surface area (Å²) < 4.78 is 10.9. The Labute approximate surface area is 264 Å². The van der Waals surface area contributed by atoms with Crippen LogP contribution in [0.15, 0.2) is 89.9 Å². The molecule has 2 aliphatic rings. The molecule has 0 aromatic heterocycles. The molecule has 1 atom stereocenters. The third-order valence-corrected chi connectivity index (χ3v) is 8.02. The van der Waals surface area contributed by atoms with Crippen LogP contribution in [0.3, 0.4) is 0 Å². The Balaban J connectivity index is 1.15. The van der Waals surface area contributed by atoms with Gasteiger partial charge in [0.15, 0.2) is 0 Å². The Hall–Kier alpha value is -4.54. The minimum Gasteiger partial charge on any atom is -0.463 e. The first-order chi connectivity index (χ1) is 21.8. The highest BCUT2D eigenvalue weighted by atomic mass is 16.6. The molecular formula is C35H41N5O5. The van der Waals surface area contributed by atoms with E-state index in [4.69, 9.17) is 15.2 Å².